The molecule has 0 bridgehead atoms. The van der Waals surface area contributed by atoms with E-state index in [0.29, 0.717) is 16.9 Å². The molecule has 4 heteroatoms. The van der Waals surface area contributed by atoms with Crippen LogP contribution in [0.15, 0.2) is 54.6 Å². The first-order valence-electron chi connectivity index (χ1n) is 5.72. The number of para-hydroxylation sites is 1. The Morgan fingerprint density at radius 2 is 1.68 bits per heavy atom. The summed E-state index contributed by atoms with van der Waals surface area (Å²) in [5.41, 5.74) is 0.909. The van der Waals surface area contributed by atoms with Gasteiger partial charge >= 0.3 is 5.97 Å². The van der Waals surface area contributed by atoms with E-state index >= 15 is 0 Å². The van der Waals surface area contributed by atoms with Crippen LogP contribution >= 0.6 is 11.6 Å². The monoisotopic (exact) mass is 276 g/mol. The minimum absolute atomic E-state index is 0.415. The summed E-state index contributed by atoms with van der Waals surface area (Å²) in [7, 11) is 1.49. The fourth-order valence-electron chi connectivity index (χ4n) is 1.99. The molecule has 0 aliphatic heterocycles. The van der Waals surface area contributed by atoms with Crippen molar-refractivity contribution in [2.45, 2.75) is 4.87 Å². The molecule has 0 aliphatic carbocycles. The van der Waals surface area contributed by atoms with Crippen LogP contribution in [0.3, 0.4) is 0 Å². The topological polar surface area (TPSA) is 46.5 Å². The summed E-state index contributed by atoms with van der Waals surface area (Å²) in [6, 6.07) is 15.6. The smallest absolute Gasteiger partial charge is 0.334 e. The van der Waals surface area contributed by atoms with Crippen LogP contribution in [0.4, 0.5) is 0 Å². The van der Waals surface area contributed by atoms with Gasteiger partial charge in [0.2, 0.25) is 0 Å². The molecule has 2 aromatic rings. The third-order valence-electron chi connectivity index (χ3n) is 2.94. The van der Waals surface area contributed by atoms with Gasteiger partial charge in [-0.3, -0.25) is 0 Å². The van der Waals surface area contributed by atoms with Crippen molar-refractivity contribution < 1.29 is 14.6 Å². The highest BCUT2D eigenvalue weighted by atomic mass is 35.5. The van der Waals surface area contributed by atoms with Crippen molar-refractivity contribution in [3.8, 4) is 5.75 Å². The molecule has 1 unspecified atom stereocenters. The summed E-state index contributed by atoms with van der Waals surface area (Å²) in [5.74, 6) is -0.686. The normalized spacial score (nSPS) is 13.6. The number of carbonyl (C=O) groups is 1. The number of benzene rings is 2. The van der Waals surface area contributed by atoms with E-state index in [1.807, 2.05) is 6.07 Å². The van der Waals surface area contributed by atoms with Crippen molar-refractivity contribution in [1.82, 2.24) is 0 Å². The molecular formula is C15H13ClO3. The van der Waals surface area contributed by atoms with Gasteiger partial charge < -0.3 is 9.84 Å². The molecular weight excluding hydrogens is 264 g/mol. The summed E-state index contributed by atoms with van der Waals surface area (Å²) >= 11 is 6.43. The summed E-state index contributed by atoms with van der Waals surface area (Å²) in [4.78, 5) is 10.0. The zero-order chi connectivity index (χ0) is 13.9. The zero-order valence-corrected chi connectivity index (χ0v) is 11.1. The number of ether oxygens (including phenoxy) is 1. The lowest BCUT2D eigenvalue weighted by atomic mass is 9.89. The van der Waals surface area contributed by atoms with Gasteiger partial charge in [0.05, 0.1) is 7.11 Å². The van der Waals surface area contributed by atoms with Crippen molar-refractivity contribution in [3.63, 3.8) is 0 Å². The van der Waals surface area contributed by atoms with Gasteiger partial charge in [0.25, 0.3) is 0 Å². The van der Waals surface area contributed by atoms with E-state index in [2.05, 4.69) is 0 Å². The number of hydrogen-bond acceptors (Lipinski definition) is 2. The Hall–Kier alpha value is -2.00. The number of rotatable bonds is 4. The highest BCUT2D eigenvalue weighted by Gasteiger charge is 2.42. The van der Waals surface area contributed by atoms with Crippen LogP contribution in [0.5, 0.6) is 5.75 Å². The second-order valence-corrected chi connectivity index (χ2v) is 4.60. The molecule has 2 rings (SSSR count). The first-order chi connectivity index (χ1) is 9.10. The molecule has 1 N–H and O–H groups in total. The number of aliphatic carboxylic acids is 1. The van der Waals surface area contributed by atoms with Gasteiger partial charge in [-0.05, 0) is 11.6 Å². The second kappa shape index (κ2) is 5.33. The van der Waals surface area contributed by atoms with Crippen molar-refractivity contribution in [3.05, 3.63) is 65.7 Å². The van der Waals surface area contributed by atoms with Gasteiger partial charge in [-0.25, -0.2) is 4.79 Å². The molecule has 0 fully saturated rings. The third kappa shape index (κ3) is 2.29. The van der Waals surface area contributed by atoms with Crippen molar-refractivity contribution >= 4 is 17.6 Å². The van der Waals surface area contributed by atoms with Crippen LogP contribution in [0.25, 0.3) is 0 Å². The molecule has 0 radical (unpaired) electrons. The maximum absolute atomic E-state index is 11.7. The van der Waals surface area contributed by atoms with Gasteiger partial charge in [-0.15, -0.1) is 0 Å². The van der Waals surface area contributed by atoms with Crippen LogP contribution in [0.2, 0.25) is 0 Å². The summed E-state index contributed by atoms with van der Waals surface area (Å²) in [6.07, 6.45) is 0. The SMILES string of the molecule is COc1ccccc1C(Cl)(C(=O)O)c1ccccc1. The Bertz CT molecular complexity index is 583. The fourth-order valence-corrected chi connectivity index (χ4v) is 2.27. The molecule has 0 aromatic heterocycles. The Morgan fingerprint density at radius 1 is 1.11 bits per heavy atom. The lowest BCUT2D eigenvalue weighted by Crippen LogP contribution is -2.31. The maximum atomic E-state index is 11.7. The van der Waals surface area contributed by atoms with E-state index in [1.54, 1.807) is 48.5 Å². The van der Waals surface area contributed by atoms with Crippen LogP contribution < -0.4 is 4.74 Å². The van der Waals surface area contributed by atoms with E-state index in [0.717, 1.165) is 0 Å². The van der Waals surface area contributed by atoms with Gasteiger partial charge in [0.1, 0.15) is 5.75 Å². The molecule has 0 amide bonds. The van der Waals surface area contributed by atoms with Crippen LogP contribution in [-0.2, 0) is 9.67 Å². The van der Waals surface area contributed by atoms with Crippen LogP contribution in [0, 0.1) is 0 Å². The second-order valence-electron chi connectivity index (χ2n) is 4.03. The minimum atomic E-state index is -1.66. The number of carboxylic acids is 1. The Kier molecular flexibility index (Phi) is 3.76. The van der Waals surface area contributed by atoms with Crippen molar-refractivity contribution in [1.29, 1.82) is 0 Å². The zero-order valence-electron chi connectivity index (χ0n) is 10.3. The van der Waals surface area contributed by atoms with Gasteiger partial charge in [0, 0.05) is 5.56 Å². The van der Waals surface area contributed by atoms with E-state index in [-0.39, 0.29) is 0 Å². The molecule has 0 spiro atoms. The first kappa shape index (κ1) is 13.4. The summed E-state index contributed by atoms with van der Waals surface area (Å²) in [5, 5.41) is 9.57. The molecule has 2 aromatic carbocycles. The van der Waals surface area contributed by atoms with Gasteiger partial charge in [0.15, 0.2) is 4.87 Å². The number of hydrogen-bond donors (Lipinski definition) is 1. The predicted octanol–water partition coefficient (Wildman–Crippen LogP) is 3.26. The average Bonchev–Trinajstić information content (AvgIpc) is 2.47. The van der Waals surface area contributed by atoms with Gasteiger partial charge in [-0.1, -0.05) is 60.1 Å². The Morgan fingerprint density at radius 3 is 2.26 bits per heavy atom. The van der Waals surface area contributed by atoms with Crippen LogP contribution in [-0.4, -0.2) is 18.2 Å². The fraction of sp³-hybridized carbons (Fsp3) is 0.133. The number of methoxy groups -OCH3 is 1. The average molecular weight is 277 g/mol. The third-order valence-corrected chi connectivity index (χ3v) is 3.53. The standard InChI is InChI=1S/C15H13ClO3/c1-19-13-10-6-5-9-12(13)15(16,14(17)18)11-7-3-2-4-8-11/h2-10H,1H3,(H,17,18). The maximum Gasteiger partial charge on any atom is 0.334 e. The van der Waals surface area contributed by atoms with Crippen LogP contribution in [0.1, 0.15) is 11.1 Å². The lowest BCUT2D eigenvalue weighted by Gasteiger charge is -2.25. The predicted molar refractivity (Wildman–Crippen MR) is 73.7 cm³/mol. The van der Waals surface area contributed by atoms with E-state index in [4.69, 9.17) is 16.3 Å². The summed E-state index contributed by atoms with van der Waals surface area (Å²) in [6.45, 7) is 0. The highest BCUT2D eigenvalue weighted by molar-refractivity contribution is 6.36. The molecule has 1 atom stereocenters. The Labute approximate surface area is 116 Å². The largest absolute Gasteiger partial charge is 0.496 e. The number of halogens is 1. The number of carboxylic acid groups (broad SMARTS) is 1. The molecule has 0 aliphatic rings. The van der Waals surface area contributed by atoms with E-state index in [1.165, 1.54) is 7.11 Å². The number of alkyl halides is 1. The van der Waals surface area contributed by atoms with Gasteiger partial charge in [-0.2, -0.15) is 0 Å². The molecule has 0 saturated heterocycles. The molecule has 19 heavy (non-hydrogen) atoms. The van der Waals surface area contributed by atoms with Crippen molar-refractivity contribution in [2.24, 2.45) is 0 Å². The highest BCUT2D eigenvalue weighted by Crippen LogP contribution is 2.41. The Balaban J connectivity index is 2.67. The first-order valence-corrected chi connectivity index (χ1v) is 6.10. The molecule has 0 saturated carbocycles. The minimum Gasteiger partial charge on any atom is -0.496 e. The van der Waals surface area contributed by atoms with E-state index in [9.17, 15) is 9.90 Å². The molecule has 3 nitrogen and oxygen atoms in total. The molecule has 98 valence electrons. The lowest BCUT2D eigenvalue weighted by molar-refractivity contribution is -0.139. The van der Waals surface area contributed by atoms with Crippen molar-refractivity contribution in [2.75, 3.05) is 7.11 Å². The summed E-state index contributed by atoms with van der Waals surface area (Å²) < 4.78 is 5.22. The van der Waals surface area contributed by atoms with E-state index < -0.39 is 10.8 Å². The molecule has 0 heterocycles. The quantitative estimate of drug-likeness (QED) is 0.872.